The quantitative estimate of drug-likeness (QED) is 0.519. The number of halogens is 1. The maximum absolute atomic E-state index is 12.4. The lowest BCUT2D eigenvalue weighted by atomic mass is 10.1. The Kier molecular flexibility index (Phi) is 5.59. The van der Waals surface area contributed by atoms with E-state index in [0.717, 1.165) is 27.5 Å². The Morgan fingerprint density at radius 1 is 1.18 bits per heavy atom. The lowest BCUT2D eigenvalue weighted by molar-refractivity contribution is 0.245. The van der Waals surface area contributed by atoms with Gasteiger partial charge in [-0.15, -0.1) is 11.3 Å². The van der Waals surface area contributed by atoms with Gasteiger partial charge in [-0.05, 0) is 31.2 Å². The molecule has 2 unspecified atom stereocenters. The summed E-state index contributed by atoms with van der Waals surface area (Å²) in [6, 6.07) is 15.0. The van der Waals surface area contributed by atoms with E-state index in [1.165, 1.54) is 0 Å². The highest BCUT2D eigenvalue weighted by Crippen LogP contribution is 2.29. The number of benzene rings is 2. The first-order chi connectivity index (χ1) is 13.6. The van der Waals surface area contributed by atoms with Crippen molar-refractivity contribution in [1.29, 1.82) is 0 Å². The van der Waals surface area contributed by atoms with Crippen molar-refractivity contribution >= 4 is 34.7 Å². The first-order valence-corrected chi connectivity index (χ1v) is 10.2. The van der Waals surface area contributed by atoms with Gasteiger partial charge in [0.25, 0.3) is 0 Å². The predicted octanol–water partition coefficient (Wildman–Crippen LogP) is 4.11. The molecule has 1 saturated heterocycles. The number of hydrogen-bond acceptors (Lipinski definition) is 5. The molecule has 0 saturated carbocycles. The van der Waals surface area contributed by atoms with Gasteiger partial charge < -0.3 is 10.6 Å². The smallest absolute Gasteiger partial charge is 0.320 e. The minimum Gasteiger partial charge on any atom is -0.321 e. The molecule has 144 valence electrons. The molecule has 0 bridgehead atoms. The van der Waals surface area contributed by atoms with Crippen LogP contribution in [0, 0.1) is 6.92 Å². The number of amides is 2. The predicted molar refractivity (Wildman–Crippen MR) is 114 cm³/mol. The van der Waals surface area contributed by atoms with E-state index < -0.39 is 0 Å². The van der Waals surface area contributed by atoms with Crippen molar-refractivity contribution in [2.75, 3.05) is 11.9 Å². The van der Waals surface area contributed by atoms with Crippen molar-refractivity contribution in [3.05, 3.63) is 69.5 Å². The summed E-state index contributed by atoms with van der Waals surface area (Å²) in [5.74, 6) is 0.0369. The van der Waals surface area contributed by atoms with Crippen LogP contribution in [0.25, 0.3) is 11.3 Å². The summed E-state index contributed by atoms with van der Waals surface area (Å²) in [4.78, 5) is 17.1. The van der Waals surface area contributed by atoms with Crippen molar-refractivity contribution in [3.8, 4) is 11.3 Å². The van der Waals surface area contributed by atoms with Crippen LogP contribution in [0.1, 0.15) is 16.5 Å². The standard InChI is InChI=1S/C20H20ClN5OS/c1-12-2-8-15(9-3-12)23-20(27)25-18-16(10-22-26-18)19-24-17(11-28-19)13-4-6-14(21)7-5-13/h2-9,11,16,18,22,26H,10H2,1H3,(H2,23,25,27). The number of aryl methyl sites for hydroxylation is 1. The summed E-state index contributed by atoms with van der Waals surface area (Å²) in [6.45, 7) is 2.69. The van der Waals surface area contributed by atoms with E-state index >= 15 is 0 Å². The molecule has 1 fully saturated rings. The van der Waals surface area contributed by atoms with E-state index in [9.17, 15) is 4.79 Å². The number of nitrogens with one attached hydrogen (secondary N) is 4. The van der Waals surface area contributed by atoms with Crippen molar-refractivity contribution in [3.63, 3.8) is 0 Å². The van der Waals surface area contributed by atoms with Crippen LogP contribution in [0.15, 0.2) is 53.9 Å². The number of aromatic nitrogens is 1. The van der Waals surface area contributed by atoms with Gasteiger partial charge in [-0.2, -0.15) is 0 Å². The van der Waals surface area contributed by atoms with Gasteiger partial charge in [0.05, 0.1) is 11.6 Å². The normalized spacial score (nSPS) is 18.8. The molecular formula is C20H20ClN5OS. The number of urea groups is 1. The third-order valence-corrected chi connectivity index (χ3v) is 5.79. The summed E-state index contributed by atoms with van der Waals surface area (Å²) in [7, 11) is 0. The van der Waals surface area contributed by atoms with E-state index in [-0.39, 0.29) is 18.1 Å². The van der Waals surface area contributed by atoms with Gasteiger partial charge in [0, 0.05) is 28.2 Å². The van der Waals surface area contributed by atoms with E-state index in [4.69, 9.17) is 16.6 Å². The molecule has 4 rings (SSSR count). The van der Waals surface area contributed by atoms with E-state index in [1.54, 1.807) is 11.3 Å². The third-order valence-electron chi connectivity index (χ3n) is 4.56. The topological polar surface area (TPSA) is 78.1 Å². The molecule has 1 aromatic heterocycles. The number of carbonyl (C=O) groups is 1. The van der Waals surface area contributed by atoms with Gasteiger partial charge in [-0.25, -0.2) is 15.2 Å². The van der Waals surface area contributed by atoms with Crippen LogP contribution in [0.4, 0.5) is 10.5 Å². The first-order valence-electron chi connectivity index (χ1n) is 8.92. The SMILES string of the molecule is Cc1ccc(NC(=O)NC2NNCC2c2nc(-c3ccc(Cl)cc3)cs2)cc1. The number of hydrogen-bond donors (Lipinski definition) is 4. The highest BCUT2D eigenvalue weighted by atomic mass is 35.5. The summed E-state index contributed by atoms with van der Waals surface area (Å²) in [6.07, 6.45) is -0.255. The van der Waals surface area contributed by atoms with Crippen LogP contribution < -0.4 is 21.5 Å². The van der Waals surface area contributed by atoms with Gasteiger partial charge in [-0.3, -0.25) is 5.43 Å². The Hall–Kier alpha value is -2.45. The summed E-state index contributed by atoms with van der Waals surface area (Å²) >= 11 is 7.55. The fourth-order valence-corrected chi connectivity index (χ4v) is 4.11. The molecule has 2 amide bonds. The monoisotopic (exact) mass is 413 g/mol. The van der Waals surface area contributed by atoms with Gasteiger partial charge in [0.2, 0.25) is 0 Å². The second-order valence-corrected chi connectivity index (χ2v) is 7.98. The Balaban J connectivity index is 1.42. The summed E-state index contributed by atoms with van der Waals surface area (Å²) in [5, 5.41) is 9.52. The Morgan fingerprint density at radius 2 is 1.93 bits per heavy atom. The molecule has 6 nitrogen and oxygen atoms in total. The lowest BCUT2D eigenvalue weighted by Gasteiger charge is -2.18. The maximum Gasteiger partial charge on any atom is 0.320 e. The summed E-state index contributed by atoms with van der Waals surface area (Å²) in [5.41, 5.74) is 10.1. The van der Waals surface area contributed by atoms with Crippen molar-refractivity contribution in [2.45, 2.75) is 19.0 Å². The minimum absolute atomic E-state index is 0.0369. The molecule has 0 radical (unpaired) electrons. The van der Waals surface area contributed by atoms with Crippen molar-refractivity contribution in [1.82, 2.24) is 21.2 Å². The molecule has 4 N–H and O–H groups in total. The second kappa shape index (κ2) is 8.28. The number of hydrazine groups is 1. The number of anilines is 1. The molecule has 0 spiro atoms. The largest absolute Gasteiger partial charge is 0.321 e. The number of nitrogens with zero attached hydrogens (tertiary/aromatic N) is 1. The van der Waals surface area contributed by atoms with Gasteiger partial charge in [-0.1, -0.05) is 41.4 Å². The fourth-order valence-electron chi connectivity index (χ4n) is 3.02. The highest BCUT2D eigenvalue weighted by Gasteiger charge is 2.32. The first kappa shape index (κ1) is 18.9. The minimum atomic E-state index is -0.260. The second-order valence-electron chi connectivity index (χ2n) is 6.65. The lowest BCUT2D eigenvalue weighted by Crippen LogP contribution is -2.47. The molecule has 3 aromatic rings. The molecule has 2 atom stereocenters. The zero-order chi connectivity index (χ0) is 19.5. The fraction of sp³-hybridized carbons (Fsp3) is 0.200. The highest BCUT2D eigenvalue weighted by molar-refractivity contribution is 7.10. The summed E-state index contributed by atoms with van der Waals surface area (Å²) < 4.78 is 0. The van der Waals surface area contributed by atoms with Crippen LogP contribution in [0.3, 0.4) is 0 Å². The van der Waals surface area contributed by atoms with Crippen LogP contribution in [0.2, 0.25) is 5.02 Å². The van der Waals surface area contributed by atoms with E-state index in [2.05, 4.69) is 21.5 Å². The Labute approximate surface area is 172 Å². The van der Waals surface area contributed by atoms with Crippen molar-refractivity contribution in [2.24, 2.45) is 0 Å². The van der Waals surface area contributed by atoms with Gasteiger partial charge in [0.15, 0.2) is 0 Å². The van der Waals surface area contributed by atoms with Gasteiger partial charge >= 0.3 is 6.03 Å². The van der Waals surface area contributed by atoms with Crippen LogP contribution in [-0.2, 0) is 0 Å². The number of thiazole rings is 1. The average molecular weight is 414 g/mol. The molecule has 1 aliphatic rings. The average Bonchev–Trinajstić information content (AvgIpc) is 3.33. The van der Waals surface area contributed by atoms with E-state index in [0.29, 0.717) is 11.6 Å². The van der Waals surface area contributed by atoms with Crippen LogP contribution >= 0.6 is 22.9 Å². The molecular weight excluding hydrogens is 394 g/mol. The molecule has 8 heteroatoms. The maximum atomic E-state index is 12.4. The zero-order valence-corrected chi connectivity index (χ0v) is 16.8. The van der Waals surface area contributed by atoms with Crippen molar-refractivity contribution < 1.29 is 4.79 Å². The molecule has 0 aliphatic carbocycles. The molecule has 28 heavy (non-hydrogen) atoms. The molecule has 2 heterocycles. The molecule has 1 aliphatic heterocycles. The van der Waals surface area contributed by atoms with Crippen LogP contribution in [-0.4, -0.2) is 23.7 Å². The Bertz CT molecular complexity index is 957. The number of rotatable bonds is 4. The zero-order valence-electron chi connectivity index (χ0n) is 15.2. The Morgan fingerprint density at radius 3 is 2.68 bits per heavy atom. The number of carbonyl (C=O) groups excluding carboxylic acids is 1. The van der Waals surface area contributed by atoms with E-state index in [1.807, 2.05) is 60.8 Å². The third kappa shape index (κ3) is 4.34. The van der Waals surface area contributed by atoms with Gasteiger partial charge in [0.1, 0.15) is 11.2 Å². The molecule has 2 aromatic carbocycles. The van der Waals surface area contributed by atoms with Crippen LogP contribution in [0.5, 0.6) is 0 Å².